The number of esters is 2. The third-order valence-electron chi connectivity index (χ3n) is 5.77. The third-order valence-corrected chi connectivity index (χ3v) is 6.11. The summed E-state index contributed by atoms with van der Waals surface area (Å²) in [6, 6.07) is 12.7. The lowest BCUT2D eigenvalue weighted by molar-refractivity contribution is -0.162. The summed E-state index contributed by atoms with van der Waals surface area (Å²) in [7, 11) is 2.19. The van der Waals surface area contributed by atoms with Crippen molar-refractivity contribution in [1.82, 2.24) is 0 Å². The highest BCUT2D eigenvalue weighted by atomic mass is 35.5. The van der Waals surface area contributed by atoms with E-state index in [-0.39, 0.29) is 16.1 Å². The number of Topliss-reactive ketones (excluding diaryl/α,β-unsaturated/α-hetero) is 2. The molecule has 1 unspecified atom stereocenters. The summed E-state index contributed by atoms with van der Waals surface area (Å²) >= 11 is 6.32. The molecule has 2 aliphatic rings. The van der Waals surface area contributed by atoms with Gasteiger partial charge in [0.05, 0.1) is 14.2 Å². The van der Waals surface area contributed by atoms with Crippen molar-refractivity contribution in [2.75, 3.05) is 14.2 Å². The summed E-state index contributed by atoms with van der Waals surface area (Å²) in [6.07, 6.45) is 0. The van der Waals surface area contributed by atoms with Gasteiger partial charge in [-0.25, -0.2) is 0 Å². The average Bonchev–Trinajstić information content (AvgIpc) is 3.31. The van der Waals surface area contributed by atoms with Gasteiger partial charge in [-0.2, -0.15) is 0 Å². The number of hydrogen-bond acceptors (Lipinski definition) is 6. The lowest BCUT2D eigenvalue weighted by Gasteiger charge is -2.15. The van der Waals surface area contributed by atoms with Gasteiger partial charge in [0, 0.05) is 22.1 Å². The first kappa shape index (κ1) is 18.4. The van der Waals surface area contributed by atoms with Crippen LogP contribution in [0.25, 0.3) is 0 Å². The molecule has 4 rings (SSSR count). The van der Waals surface area contributed by atoms with Crippen LogP contribution in [0.1, 0.15) is 32.2 Å². The Balaban J connectivity index is 2.06. The van der Waals surface area contributed by atoms with Crippen LogP contribution in [0.5, 0.6) is 0 Å². The number of halogens is 1. The number of carbonyl (C=O) groups is 4. The topological polar surface area (TPSA) is 86.7 Å². The van der Waals surface area contributed by atoms with E-state index in [4.69, 9.17) is 21.1 Å². The van der Waals surface area contributed by atoms with Crippen molar-refractivity contribution in [2.24, 2.45) is 10.8 Å². The van der Waals surface area contributed by atoms with E-state index in [9.17, 15) is 19.2 Å². The number of ketones is 2. The number of ether oxygens (including phenoxy) is 2. The normalized spacial score (nSPS) is 20.6. The maximum Gasteiger partial charge on any atom is 0.325 e. The SMILES string of the molecule is COC(=O)C1(C(=O)OC)C(c2ccccc2Cl)C12C(=O)c1ccccc1C2=O. The van der Waals surface area contributed by atoms with Gasteiger partial charge in [0.2, 0.25) is 0 Å². The number of hydrogen-bond donors (Lipinski definition) is 0. The predicted octanol–water partition coefficient (Wildman–Crippen LogP) is 2.84. The molecule has 1 saturated carbocycles. The number of fused-ring (bicyclic) bond motifs is 1. The van der Waals surface area contributed by atoms with Crippen molar-refractivity contribution in [3.05, 3.63) is 70.2 Å². The Kier molecular flexibility index (Phi) is 3.94. The van der Waals surface area contributed by atoms with Crippen molar-refractivity contribution >= 4 is 35.1 Å². The molecule has 0 bridgehead atoms. The molecule has 0 aliphatic heterocycles. The molecule has 0 amide bonds. The summed E-state index contributed by atoms with van der Waals surface area (Å²) in [6.45, 7) is 0. The van der Waals surface area contributed by atoms with Gasteiger partial charge in [-0.15, -0.1) is 0 Å². The maximum atomic E-state index is 13.5. The van der Waals surface area contributed by atoms with E-state index in [0.29, 0.717) is 5.56 Å². The van der Waals surface area contributed by atoms with E-state index in [1.54, 1.807) is 36.4 Å². The van der Waals surface area contributed by atoms with Crippen LogP contribution < -0.4 is 0 Å². The van der Waals surface area contributed by atoms with E-state index < -0.39 is 40.3 Å². The van der Waals surface area contributed by atoms with E-state index in [0.717, 1.165) is 14.2 Å². The van der Waals surface area contributed by atoms with Crippen molar-refractivity contribution in [2.45, 2.75) is 5.92 Å². The standard InChI is InChI=1S/C21H15ClO6/c1-27-18(25)21(19(26)28-2)15(13-9-5-6-10-14(13)22)20(21)16(23)11-7-3-4-8-12(11)17(20)24/h3-10,15H,1-2H3. The molecule has 1 atom stereocenters. The molecule has 0 radical (unpaired) electrons. The van der Waals surface area contributed by atoms with Gasteiger partial charge in [0.1, 0.15) is 5.41 Å². The molecule has 0 saturated heterocycles. The molecule has 28 heavy (non-hydrogen) atoms. The van der Waals surface area contributed by atoms with Crippen LogP contribution in [0.3, 0.4) is 0 Å². The minimum absolute atomic E-state index is 0.166. The largest absolute Gasteiger partial charge is 0.468 e. The Labute approximate surface area is 165 Å². The molecule has 0 aromatic heterocycles. The molecule has 1 fully saturated rings. The summed E-state index contributed by atoms with van der Waals surface area (Å²) in [5.41, 5.74) is -3.43. The minimum Gasteiger partial charge on any atom is -0.468 e. The van der Waals surface area contributed by atoms with Crippen molar-refractivity contribution in [1.29, 1.82) is 0 Å². The van der Waals surface area contributed by atoms with Crippen LogP contribution in [0.2, 0.25) is 5.02 Å². The van der Waals surface area contributed by atoms with Crippen LogP contribution in [0.4, 0.5) is 0 Å². The van der Waals surface area contributed by atoms with Gasteiger partial charge in [-0.1, -0.05) is 54.1 Å². The van der Waals surface area contributed by atoms with Gasteiger partial charge in [0.25, 0.3) is 0 Å². The first-order valence-corrected chi connectivity index (χ1v) is 8.88. The maximum absolute atomic E-state index is 13.5. The van der Waals surface area contributed by atoms with E-state index in [2.05, 4.69) is 0 Å². The number of benzene rings is 2. The van der Waals surface area contributed by atoms with Crippen LogP contribution in [-0.2, 0) is 19.1 Å². The quantitative estimate of drug-likeness (QED) is 0.583. The highest BCUT2D eigenvalue weighted by molar-refractivity contribution is 6.39. The van der Waals surface area contributed by atoms with Crippen molar-refractivity contribution < 1.29 is 28.7 Å². The third kappa shape index (κ3) is 1.83. The molecule has 2 aliphatic carbocycles. The zero-order valence-electron chi connectivity index (χ0n) is 15.0. The Morgan fingerprint density at radius 3 is 1.79 bits per heavy atom. The summed E-state index contributed by atoms with van der Waals surface area (Å²) in [5, 5.41) is 0.234. The summed E-state index contributed by atoms with van der Waals surface area (Å²) in [4.78, 5) is 52.8. The summed E-state index contributed by atoms with van der Waals surface area (Å²) in [5.74, 6) is -4.33. The number of methoxy groups -OCH3 is 2. The Morgan fingerprint density at radius 1 is 0.857 bits per heavy atom. The van der Waals surface area contributed by atoms with Crippen LogP contribution in [0.15, 0.2) is 48.5 Å². The molecular weight excluding hydrogens is 384 g/mol. The van der Waals surface area contributed by atoms with Crippen molar-refractivity contribution in [3.8, 4) is 0 Å². The lowest BCUT2D eigenvalue weighted by atomic mass is 9.87. The fourth-order valence-corrected chi connectivity index (χ4v) is 4.89. The number of rotatable bonds is 3. The predicted molar refractivity (Wildman–Crippen MR) is 98.2 cm³/mol. The van der Waals surface area contributed by atoms with E-state index >= 15 is 0 Å². The van der Waals surface area contributed by atoms with E-state index in [1.807, 2.05) is 0 Å². The molecule has 2 aromatic rings. The van der Waals surface area contributed by atoms with Gasteiger partial charge in [0.15, 0.2) is 17.0 Å². The van der Waals surface area contributed by atoms with Crippen LogP contribution in [0, 0.1) is 10.8 Å². The molecular formula is C21H15ClO6. The van der Waals surface area contributed by atoms with Gasteiger partial charge >= 0.3 is 11.9 Å². The Morgan fingerprint density at radius 2 is 1.32 bits per heavy atom. The Hall–Kier alpha value is -2.99. The summed E-state index contributed by atoms with van der Waals surface area (Å²) < 4.78 is 9.77. The molecule has 0 heterocycles. The van der Waals surface area contributed by atoms with Gasteiger partial charge < -0.3 is 9.47 Å². The fourth-order valence-electron chi connectivity index (χ4n) is 4.64. The highest BCUT2D eigenvalue weighted by Crippen LogP contribution is 2.79. The second-order valence-electron chi connectivity index (χ2n) is 6.76. The molecule has 1 spiro atoms. The molecule has 7 heteroatoms. The van der Waals surface area contributed by atoms with Crippen molar-refractivity contribution in [3.63, 3.8) is 0 Å². The van der Waals surface area contributed by atoms with Gasteiger partial charge in [-0.3, -0.25) is 19.2 Å². The second kappa shape index (κ2) is 6.01. The zero-order valence-corrected chi connectivity index (χ0v) is 15.8. The van der Waals surface area contributed by atoms with Crippen LogP contribution >= 0.6 is 11.6 Å². The fraction of sp³-hybridized carbons (Fsp3) is 0.238. The molecule has 0 N–H and O–H groups in total. The zero-order chi connectivity index (χ0) is 20.3. The van der Waals surface area contributed by atoms with Gasteiger partial charge in [-0.05, 0) is 11.6 Å². The molecule has 2 aromatic carbocycles. The van der Waals surface area contributed by atoms with Crippen LogP contribution in [-0.4, -0.2) is 37.7 Å². The highest BCUT2D eigenvalue weighted by Gasteiger charge is 2.94. The molecule has 142 valence electrons. The average molecular weight is 399 g/mol. The van der Waals surface area contributed by atoms with E-state index in [1.165, 1.54) is 12.1 Å². The minimum atomic E-state index is -2.13. The molecule has 6 nitrogen and oxygen atoms in total. The first-order valence-electron chi connectivity index (χ1n) is 8.50. The monoisotopic (exact) mass is 398 g/mol. The number of carbonyl (C=O) groups excluding carboxylic acids is 4. The smallest absolute Gasteiger partial charge is 0.325 e. The first-order chi connectivity index (χ1) is 13.4. The Bertz CT molecular complexity index is 1010. The lowest BCUT2D eigenvalue weighted by Crippen LogP contribution is -2.39. The second-order valence-corrected chi connectivity index (χ2v) is 7.16.